The van der Waals surface area contributed by atoms with E-state index >= 15 is 0 Å². The molecule has 1 amide bonds. The summed E-state index contributed by atoms with van der Waals surface area (Å²) in [6, 6.07) is 8.74. The molecular formula is C24H26ClFN4O5S. The van der Waals surface area contributed by atoms with Gasteiger partial charge in [0.1, 0.15) is 11.4 Å². The Hall–Kier alpha value is -2.83. The second-order valence-electron chi connectivity index (χ2n) is 8.37. The van der Waals surface area contributed by atoms with Crippen molar-refractivity contribution in [1.82, 2.24) is 19.9 Å². The van der Waals surface area contributed by atoms with E-state index < -0.39 is 27.2 Å². The fourth-order valence-electron chi connectivity index (χ4n) is 3.88. The Morgan fingerprint density at radius 2 is 1.89 bits per heavy atom. The monoisotopic (exact) mass is 536 g/mol. The van der Waals surface area contributed by atoms with Crippen LogP contribution in [-0.4, -0.2) is 63.6 Å². The highest BCUT2D eigenvalue weighted by Crippen LogP contribution is 2.20. The van der Waals surface area contributed by atoms with Gasteiger partial charge in [0.25, 0.3) is 5.91 Å². The maximum atomic E-state index is 14.7. The number of hydrogen-bond acceptors (Lipinski definition) is 6. The van der Waals surface area contributed by atoms with Crippen molar-refractivity contribution in [1.29, 1.82) is 0 Å². The number of benzene rings is 2. The average molecular weight is 537 g/mol. The van der Waals surface area contributed by atoms with Crippen LogP contribution in [0.1, 0.15) is 22.3 Å². The van der Waals surface area contributed by atoms with Crippen LogP contribution in [0.4, 0.5) is 4.39 Å². The first-order valence-corrected chi connectivity index (χ1v) is 13.3. The number of fused-ring (bicyclic) bond motifs is 1. The number of amides is 1. The van der Waals surface area contributed by atoms with Gasteiger partial charge in [0.05, 0.1) is 29.0 Å². The number of aromatic amines is 1. The van der Waals surface area contributed by atoms with Gasteiger partial charge in [-0.05, 0) is 42.8 Å². The molecule has 192 valence electrons. The van der Waals surface area contributed by atoms with Crippen molar-refractivity contribution in [3.8, 4) is 0 Å². The molecular weight excluding hydrogens is 511 g/mol. The minimum Gasteiger partial charge on any atom is -0.379 e. The van der Waals surface area contributed by atoms with Crippen LogP contribution in [-0.2, 0) is 21.3 Å². The molecule has 2 aromatic carbocycles. The number of morpholine rings is 1. The predicted molar refractivity (Wildman–Crippen MR) is 134 cm³/mol. The summed E-state index contributed by atoms with van der Waals surface area (Å²) in [4.78, 5) is 30.0. The van der Waals surface area contributed by atoms with Crippen LogP contribution in [0.15, 0.2) is 52.3 Å². The van der Waals surface area contributed by atoms with Gasteiger partial charge in [-0.1, -0.05) is 23.7 Å². The largest absolute Gasteiger partial charge is 0.379 e. The van der Waals surface area contributed by atoms with Crippen molar-refractivity contribution in [3.05, 3.63) is 74.8 Å². The van der Waals surface area contributed by atoms with Crippen molar-refractivity contribution < 1.29 is 22.3 Å². The summed E-state index contributed by atoms with van der Waals surface area (Å²) in [5, 5.41) is 2.94. The highest BCUT2D eigenvalue weighted by molar-refractivity contribution is 7.89. The molecule has 0 radical (unpaired) electrons. The number of halogens is 2. The molecule has 1 aliphatic rings. The Bertz CT molecular complexity index is 1410. The molecule has 2 heterocycles. The number of hydrogen-bond donors (Lipinski definition) is 3. The predicted octanol–water partition coefficient (Wildman–Crippen LogP) is 2.25. The Morgan fingerprint density at radius 1 is 1.17 bits per heavy atom. The minimum absolute atomic E-state index is 0.143. The van der Waals surface area contributed by atoms with Crippen LogP contribution in [0.2, 0.25) is 5.02 Å². The van der Waals surface area contributed by atoms with Crippen LogP contribution >= 0.6 is 11.6 Å². The molecule has 0 spiro atoms. The lowest BCUT2D eigenvalue weighted by Crippen LogP contribution is -2.38. The van der Waals surface area contributed by atoms with Crippen LogP contribution in [0.5, 0.6) is 0 Å². The molecule has 12 heteroatoms. The molecule has 4 rings (SSSR count). The zero-order valence-electron chi connectivity index (χ0n) is 19.4. The molecule has 0 bridgehead atoms. The molecule has 0 atom stereocenters. The van der Waals surface area contributed by atoms with Crippen molar-refractivity contribution in [2.24, 2.45) is 0 Å². The normalized spacial score (nSPS) is 14.7. The molecule has 0 unspecified atom stereocenters. The van der Waals surface area contributed by atoms with Gasteiger partial charge in [-0.3, -0.25) is 14.5 Å². The fraction of sp³-hybridized carbons (Fsp3) is 0.333. The maximum Gasteiger partial charge on any atom is 0.257 e. The first-order valence-electron chi connectivity index (χ1n) is 11.4. The van der Waals surface area contributed by atoms with Crippen molar-refractivity contribution in [3.63, 3.8) is 0 Å². The molecule has 3 N–H and O–H groups in total. The van der Waals surface area contributed by atoms with Gasteiger partial charge < -0.3 is 15.0 Å². The van der Waals surface area contributed by atoms with Crippen LogP contribution < -0.4 is 15.5 Å². The highest BCUT2D eigenvalue weighted by atomic mass is 35.5. The van der Waals surface area contributed by atoms with E-state index in [1.807, 2.05) is 0 Å². The fourth-order valence-corrected chi connectivity index (χ4v) is 5.12. The second kappa shape index (κ2) is 11.5. The number of aromatic nitrogens is 1. The van der Waals surface area contributed by atoms with Crippen molar-refractivity contribution in [2.75, 3.05) is 39.4 Å². The van der Waals surface area contributed by atoms with Gasteiger partial charge in [-0.15, -0.1) is 0 Å². The van der Waals surface area contributed by atoms with E-state index in [4.69, 9.17) is 16.3 Å². The molecule has 36 heavy (non-hydrogen) atoms. The van der Waals surface area contributed by atoms with Gasteiger partial charge in [0, 0.05) is 37.4 Å². The SMILES string of the molecule is O=C(NCc1ccc(Cl)cc1)c1c[nH]c2c(F)cc(S(=O)(=O)NCCCN3CCOCC3)cc2c1=O. The standard InChI is InChI=1S/C24H26ClFN4O5S/c25-17-4-2-16(3-5-17)14-28-24(32)20-15-27-22-19(23(20)31)12-18(13-21(22)26)36(33,34)29-6-1-7-30-8-10-35-11-9-30/h2-5,12-13,15,29H,1,6-11,14H2,(H,27,31)(H,28,32). The average Bonchev–Trinajstić information content (AvgIpc) is 2.87. The smallest absolute Gasteiger partial charge is 0.257 e. The summed E-state index contributed by atoms with van der Waals surface area (Å²) in [7, 11) is -4.07. The highest BCUT2D eigenvalue weighted by Gasteiger charge is 2.21. The molecule has 0 aliphatic carbocycles. The summed E-state index contributed by atoms with van der Waals surface area (Å²) in [6.45, 7) is 3.89. The number of carbonyl (C=O) groups excluding carboxylic acids is 1. The van der Waals surface area contributed by atoms with Crippen LogP contribution in [0.3, 0.4) is 0 Å². The summed E-state index contributed by atoms with van der Waals surface area (Å²) >= 11 is 5.85. The summed E-state index contributed by atoms with van der Waals surface area (Å²) in [5.41, 5.74) is -0.450. The van der Waals surface area contributed by atoms with E-state index in [0.717, 1.165) is 37.0 Å². The number of pyridine rings is 1. The van der Waals surface area contributed by atoms with E-state index in [-0.39, 0.29) is 34.5 Å². The first kappa shape index (κ1) is 26.2. The first-order chi connectivity index (χ1) is 17.2. The van der Waals surface area contributed by atoms with E-state index in [1.165, 1.54) is 0 Å². The quantitative estimate of drug-likeness (QED) is 0.361. The van der Waals surface area contributed by atoms with E-state index in [2.05, 4.69) is 19.9 Å². The lowest BCUT2D eigenvalue weighted by molar-refractivity contribution is 0.0376. The third kappa shape index (κ3) is 6.29. The second-order valence-corrected chi connectivity index (χ2v) is 10.6. The van der Waals surface area contributed by atoms with Crippen LogP contribution in [0.25, 0.3) is 10.9 Å². The Labute approximate surface area is 212 Å². The summed E-state index contributed by atoms with van der Waals surface area (Å²) < 4.78 is 48.0. The minimum atomic E-state index is -4.07. The molecule has 3 aromatic rings. The number of ether oxygens (including phenoxy) is 1. The zero-order chi connectivity index (χ0) is 25.7. The van der Waals surface area contributed by atoms with Crippen LogP contribution in [0, 0.1) is 5.82 Å². The van der Waals surface area contributed by atoms with E-state index in [0.29, 0.717) is 31.2 Å². The molecule has 1 aliphatic heterocycles. The number of carbonyl (C=O) groups is 1. The third-order valence-electron chi connectivity index (χ3n) is 5.88. The Balaban J connectivity index is 1.48. The molecule has 9 nitrogen and oxygen atoms in total. The molecule has 1 aromatic heterocycles. The third-order valence-corrected chi connectivity index (χ3v) is 7.57. The summed E-state index contributed by atoms with van der Waals surface area (Å²) in [5.74, 6) is -1.59. The lowest BCUT2D eigenvalue weighted by atomic mass is 10.1. The van der Waals surface area contributed by atoms with Gasteiger partial charge in [-0.25, -0.2) is 17.5 Å². The number of nitrogens with zero attached hydrogens (tertiary/aromatic N) is 1. The lowest BCUT2D eigenvalue weighted by Gasteiger charge is -2.26. The number of nitrogens with one attached hydrogen (secondary N) is 3. The van der Waals surface area contributed by atoms with Crippen molar-refractivity contribution in [2.45, 2.75) is 17.9 Å². The molecule has 1 fully saturated rings. The zero-order valence-corrected chi connectivity index (χ0v) is 20.9. The topological polar surface area (TPSA) is 121 Å². The van der Waals surface area contributed by atoms with E-state index in [1.54, 1.807) is 24.3 Å². The number of sulfonamides is 1. The van der Waals surface area contributed by atoms with Crippen molar-refractivity contribution >= 4 is 38.4 Å². The number of rotatable bonds is 9. The molecule has 1 saturated heterocycles. The Kier molecular flexibility index (Phi) is 8.37. The van der Waals surface area contributed by atoms with Gasteiger partial charge in [0.15, 0.2) is 0 Å². The maximum absolute atomic E-state index is 14.7. The molecule has 0 saturated carbocycles. The van der Waals surface area contributed by atoms with Gasteiger partial charge >= 0.3 is 0 Å². The van der Waals surface area contributed by atoms with Gasteiger partial charge in [0.2, 0.25) is 15.5 Å². The van der Waals surface area contributed by atoms with Gasteiger partial charge in [-0.2, -0.15) is 0 Å². The van der Waals surface area contributed by atoms with E-state index in [9.17, 15) is 22.4 Å². The summed E-state index contributed by atoms with van der Waals surface area (Å²) in [6.07, 6.45) is 1.68. The Morgan fingerprint density at radius 3 is 2.61 bits per heavy atom. The number of H-pyrrole nitrogens is 1.